The second-order valence-electron chi connectivity index (χ2n) is 4.86. The fourth-order valence-corrected chi connectivity index (χ4v) is 2.67. The van der Waals surface area contributed by atoms with Gasteiger partial charge in [0.05, 0.1) is 19.0 Å². The highest BCUT2D eigenvalue weighted by Gasteiger charge is 2.28. The third-order valence-electron chi connectivity index (χ3n) is 3.60. The summed E-state index contributed by atoms with van der Waals surface area (Å²) < 4.78 is 6.83. The molecule has 1 aromatic carbocycles. The van der Waals surface area contributed by atoms with E-state index in [9.17, 15) is 10.1 Å². The molecular formula is C16H13ClN4O2. The first-order chi connectivity index (χ1) is 11.2. The monoisotopic (exact) mass is 328 g/mol. The smallest absolute Gasteiger partial charge is 0.243 e. The number of rotatable bonds is 3. The molecule has 0 N–H and O–H groups in total. The molecule has 0 aliphatic carbocycles. The van der Waals surface area contributed by atoms with E-state index in [2.05, 4.69) is 11.2 Å². The van der Waals surface area contributed by atoms with Crippen molar-refractivity contribution in [2.45, 2.75) is 0 Å². The van der Waals surface area contributed by atoms with Crippen LogP contribution in [-0.2, 0) is 4.79 Å². The topological polar surface area (TPSA) is 71.2 Å². The van der Waals surface area contributed by atoms with Crippen molar-refractivity contribution in [1.82, 2.24) is 9.78 Å². The zero-order chi connectivity index (χ0) is 16.4. The standard InChI is InChI=1S/C16H13ClN4O2/c1-23-13-4-2-3-11(7-13)14-5-6-20(15(22)8-17)16-12(9-18)10-19-21(14)16/h2-5,7,10H,6,8H2,1H3. The van der Waals surface area contributed by atoms with E-state index in [-0.39, 0.29) is 11.8 Å². The molecule has 0 spiro atoms. The van der Waals surface area contributed by atoms with Crippen LogP contribution in [0.2, 0.25) is 0 Å². The minimum atomic E-state index is -0.272. The van der Waals surface area contributed by atoms with E-state index in [0.29, 0.717) is 17.9 Å². The van der Waals surface area contributed by atoms with Gasteiger partial charge in [0.2, 0.25) is 5.91 Å². The maximum atomic E-state index is 12.0. The number of carbonyl (C=O) groups excluding carboxylic acids is 1. The van der Waals surface area contributed by atoms with Gasteiger partial charge < -0.3 is 4.74 Å². The highest BCUT2D eigenvalue weighted by Crippen LogP contribution is 2.32. The Morgan fingerprint density at radius 2 is 2.35 bits per heavy atom. The van der Waals surface area contributed by atoms with Crippen LogP contribution in [0.4, 0.5) is 5.82 Å². The predicted molar refractivity (Wildman–Crippen MR) is 86.4 cm³/mol. The summed E-state index contributed by atoms with van der Waals surface area (Å²) in [5.41, 5.74) is 2.01. The average molecular weight is 329 g/mol. The van der Waals surface area contributed by atoms with Crippen LogP contribution in [0.3, 0.4) is 0 Å². The Bertz CT molecular complexity index is 835. The Hall–Kier alpha value is -2.78. The first-order valence-corrected chi connectivity index (χ1v) is 7.42. The van der Waals surface area contributed by atoms with E-state index in [1.54, 1.807) is 11.8 Å². The molecular weight excluding hydrogens is 316 g/mol. The highest BCUT2D eigenvalue weighted by atomic mass is 35.5. The summed E-state index contributed by atoms with van der Waals surface area (Å²) in [6, 6.07) is 9.59. The van der Waals surface area contributed by atoms with Gasteiger partial charge >= 0.3 is 0 Å². The average Bonchev–Trinajstić information content (AvgIpc) is 3.04. The van der Waals surface area contributed by atoms with E-state index < -0.39 is 0 Å². The number of carbonyl (C=O) groups is 1. The Balaban J connectivity index is 2.12. The van der Waals surface area contributed by atoms with E-state index in [4.69, 9.17) is 16.3 Å². The number of fused-ring (bicyclic) bond motifs is 1. The number of aromatic nitrogens is 2. The van der Waals surface area contributed by atoms with Gasteiger partial charge in [-0.2, -0.15) is 10.4 Å². The van der Waals surface area contributed by atoms with Crippen LogP contribution in [0.1, 0.15) is 11.1 Å². The SMILES string of the molecule is COc1cccc(C2=CCN(C(=O)CCl)c3c(C#N)cnn32)c1. The number of amides is 1. The van der Waals surface area contributed by atoms with E-state index in [0.717, 1.165) is 17.0 Å². The number of hydrogen-bond acceptors (Lipinski definition) is 4. The van der Waals surface area contributed by atoms with E-state index in [1.165, 1.54) is 11.1 Å². The molecule has 0 bridgehead atoms. The summed E-state index contributed by atoms with van der Waals surface area (Å²) in [5, 5.41) is 13.5. The number of anilines is 1. The van der Waals surface area contributed by atoms with Crippen LogP contribution in [-0.4, -0.2) is 35.2 Å². The van der Waals surface area contributed by atoms with Gasteiger partial charge in [-0.05, 0) is 18.2 Å². The van der Waals surface area contributed by atoms with Gasteiger partial charge in [0.1, 0.15) is 23.3 Å². The predicted octanol–water partition coefficient (Wildman–Crippen LogP) is 2.24. The molecule has 0 unspecified atom stereocenters. The molecule has 0 radical (unpaired) electrons. The van der Waals surface area contributed by atoms with Gasteiger partial charge in [-0.25, -0.2) is 4.68 Å². The van der Waals surface area contributed by atoms with Crippen molar-refractivity contribution < 1.29 is 9.53 Å². The van der Waals surface area contributed by atoms with Crippen molar-refractivity contribution in [3.63, 3.8) is 0 Å². The lowest BCUT2D eigenvalue weighted by Gasteiger charge is -2.27. The van der Waals surface area contributed by atoms with E-state index in [1.807, 2.05) is 30.3 Å². The molecule has 1 amide bonds. The van der Waals surface area contributed by atoms with Crippen LogP contribution >= 0.6 is 11.6 Å². The number of methoxy groups -OCH3 is 1. The van der Waals surface area contributed by atoms with Gasteiger partial charge in [-0.1, -0.05) is 12.1 Å². The molecule has 1 aliphatic rings. The Morgan fingerprint density at radius 3 is 3.04 bits per heavy atom. The van der Waals surface area contributed by atoms with Crippen molar-refractivity contribution in [1.29, 1.82) is 5.26 Å². The molecule has 2 heterocycles. The summed E-state index contributed by atoms with van der Waals surface area (Å²) in [5.74, 6) is 0.736. The lowest BCUT2D eigenvalue weighted by molar-refractivity contribution is -0.116. The number of nitrogens with zero attached hydrogens (tertiary/aromatic N) is 4. The fourth-order valence-electron chi connectivity index (χ4n) is 2.52. The number of alkyl halides is 1. The lowest BCUT2D eigenvalue weighted by Crippen LogP contribution is -2.37. The summed E-state index contributed by atoms with van der Waals surface area (Å²) in [6.07, 6.45) is 3.32. The second-order valence-corrected chi connectivity index (χ2v) is 5.13. The number of ether oxygens (including phenoxy) is 1. The lowest BCUT2D eigenvalue weighted by atomic mass is 10.1. The summed E-state index contributed by atoms with van der Waals surface area (Å²) in [6.45, 7) is 0.332. The number of hydrogen-bond donors (Lipinski definition) is 0. The summed E-state index contributed by atoms with van der Waals surface area (Å²) in [4.78, 5) is 13.5. The van der Waals surface area contributed by atoms with Crippen LogP contribution in [0.25, 0.3) is 5.70 Å². The maximum Gasteiger partial charge on any atom is 0.243 e. The molecule has 6 nitrogen and oxygen atoms in total. The van der Waals surface area contributed by atoms with Gasteiger partial charge in [0.25, 0.3) is 0 Å². The van der Waals surface area contributed by atoms with Crippen molar-refractivity contribution in [2.24, 2.45) is 0 Å². The molecule has 0 atom stereocenters. The molecule has 1 aliphatic heterocycles. The van der Waals surface area contributed by atoms with Gasteiger partial charge in [0.15, 0.2) is 5.82 Å². The minimum Gasteiger partial charge on any atom is -0.497 e. The Kier molecular flexibility index (Phi) is 4.04. The zero-order valence-corrected chi connectivity index (χ0v) is 13.1. The number of nitriles is 1. The molecule has 116 valence electrons. The fraction of sp³-hybridized carbons (Fsp3) is 0.188. The van der Waals surface area contributed by atoms with Gasteiger partial charge in [-0.3, -0.25) is 9.69 Å². The Morgan fingerprint density at radius 1 is 1.52 bits per heavy atom. The molecule has 0 saturated heterocycles. The van der Waals surface area contributed by atoms with Crippen LogP contribution in [0.15, 0.2) is 36.5 Å². The second kappa shape index (κ2) is 6.15. The Labute approximate surface area is 138 Å². The van der Waals surface area contributed by atoms with Crippen molar-refractivity contribution in [2.75, 3.05) is 24.4 Å². The molecule has 3 rings (SSSR count). The molecule has 7 heteroatoms. The number of halogens is 1. The third-order valence-corrected chi connectivity index (χ3v) is 3.82. The number of benzene rings is 1. The van der Waals surface area contributed by atoms with Gasteiger partial charge in [-0.15, -0.1) is 11.6 Å². The quantitative estimate of drug-likeness (QED) is 0.810. The third kappa shape index (κ3) is 2.56. The maximum absolute atomic E-state index is 12.0. The molecule has 23 heavy (non-hydrogen) atoms. The molecule has 0 fully saturated rings. The van der Waals surface area contributed by atoms with Crippen molar-refractivity contribution >= 4 is 29.0 Å². The van der Waals surface area contributed by atoms with Crippen LogP contribution in [0, 0.1) is 11.3 Å². The largest absolute Gasteiger partial charge is 0.497 e. The normalized spacial score (nSPS) is 13.1. The summed E-state index contributed by atoms with van der Waals surface area (Å²) >= 11 is 5.67. The minimum absolute atomic E-state index is 0.154. The molecule has 0 saturated carbocycles. The molecule has 2 aromatic rings. The van der Waals surface area contributed by atoms with Gasteiger partial charge in [0, 0.05) is 12.1 Å². The highest BCUT2D eigenvalue weighted by molar-refractivity contribution is 6.29. The van der Waals surface area contributed by atoms with E-state index >= 15 is 0 Å². The van der Waals surface area contributed by atoms with Crippen LogP contribution < -0.4 is 9.64 Å². The first-order valence-electron chi connectivity index (χ1n) is 6.89. The van der Waals surface area contributed by atoms with Crippen LogP contribution in [0.5, 0.6) is 5.75 Å². The first kappa shape index (κ1) is 15.1. The van der Waals surface area contributed by atoms with Crippen molar-refractivity contribution in [3.05, 3.63) is 47.7 Å². The summed E-state index contributed by atoms with van der Waals surface area (Å²) in [7, 11) is 1.60. The molecule has 1 aromatic heterocycles. The van der Waals surface area contributed by atoms with Crippen molar-refractivity contribution in [3.8, 4) is 11.8 Å². The zero-order valence-electron chi connectivity index (χ0n) is 12.4.